The quantitative estimate of drug-likeness (QED) is 0.784. The number of hydrogen-bond acceptors (Lipinski definition) is 6. The fraction of sp³-hybridized carbons (Fsp3) is 0.0714. The summed E-state index contributed by atoms with van der Waals surface area (Å²) in [6.07, 6.45) is 5.02. The fourth-order valence-electron chi connectivity index (χ4n) is 2.02. The first-order chi connectivity index (χ1) is 9.81. The number of anilines is 1. The minimum Gasteiger partial charge on any atom is -0.481 e. The maximum atomic E-state index is 5.89. The molecule has 3 aromatic rings. The molecule has 0 aliphatic rings. The van der Waals surface area contributed by atoms with Crippen molar-refractivity contribution in [2.45, 2.75) is 0 Å². The van der Waals surface area contributed by atoms with Gasteiger partial charge in [-0.05, 0) is 29.8 Å². The number of nitrogens with zero attached hydrogens (tertiary/aromatic N) is 3. The van der Waals surface area contributed by atoms with E-state index in [1.54, 1.807) is 31.8 Å². The first-order valence-electron chi connectivity index (χ1n) is 5.96. The molecule has 0 fully saturated rings. The van der Waals surface area contributed by atoms with Gasteiger partial charge in [0.2, 0.25) is 11.8 Å². The van der Waals surface area contributed by atoms with Crippen molar-refractivity contribution >= 4 is 5.88 Å². The molecule has 0 unspecified atom stereocenters. The second kappa shape index (κ2) is 5.00. The number of aromatic nitrogens is 3. The van der Waals surface area contributed by atoms with Crippen LogP contribution in [0.15, 0.2) is 47.4 Å². The van der Waals surface area contributed by atoms with Gasteiger partial charge in [0.05, 0.1) is 18.2 Å². The van der Waals surface area contributed by atoms with Gasteiger partial charge in [0.1, 0.15) is 5.69 Å². The molecule has 3 heterocycles. The van der Waals surface area contributed by atoms with Gasteiger partial charge >= 0.3 is 0 Å². The predicted octanol–water partition coefficient (Wildman–Crippen LogP) is 2.39. The molecule has 0 aliphatic carbocycles. The van der Waals surface area contributed by atoms with Crippen molar-refractivity contribution in [1.82, 2.24) is 15.1 Å². The highest BCUT2D eigenvalue weighted by molar-refractivity contribution is 5.88. The van der Waals surface area contributed by atoms with Crippen LogP contribution in [0.3, 0.4) is 0 Å². The molecule has 2 N–H and O–H groups in total. The van der Waals surface area contributed by atoms with Crippen molar-refractivity contribution in [3.8, 4) is 28.3 Å². The zero-order chi connectivity index (χ0) is 13.9. The van der Waals surface area contributed by atoms with Crippen LogP contribution < -0.4 is 10.5 Å². The Labute approximate surface area is 115 Å². The van der Waals surface area contributed by atoms with Crippen LogP contribution in [0, 0.1) is 0 Å². The van der Waals surface area contributed by atoms with Crippen LogP contribution in [-0.2, 0) is 0 Å². The van der Waals surface area contributed by atoms with Crippen LogP contribution in [0.2, 0.25) is 0 Å². The van der Waals surface area contributed by atoms with Crippen molar-refractivity contribution in [3.05, 3.63) is 42.9 Å². The highest BCUT2D eigenvalue weighted by atomic mass is 16.5. The maximum Gasteiger partial charge on any atom is 0.230 e. The van der Waals surface area contributed by atoms with E-state index in [4.69, 9.17) is 15.0 Å². The Balaban J connectivity index is 2.22. The highest BCUT2D eigenvalue weighted by Crippen LogP contribution is 2.38. The largest absolute Gasteiger partial charge is 0.481 e. The molecule has 3 aromatic heterocycles. The Morgan fingerprint density at radius 3 is 2.70 bits per heavy atom. The molecule has 0 bridgehead atoms. The van der Waals surface area contributed by atoms with Crippen LogP contribution in [0.5, 0.6) is 5.88 Å². The molecule has 0 aromatic carbocycles. The van der Waals surface area contributed by atoms with Crippen LogP contribution in [0.1, 0.15) is 0 Å². The number of ether oxygens (including phenoxy) is 1. The Kier molecular flexibility index (Phi) is 3.04. The summed E-state index contributed by atoms with van der Waals surface area (Å²) in [6, 6.07) is 7.34. The topological polar surface area (TPSA) is 87.1 Å². The number of nitrogen functional groups attached to an aromatic ring is 1. The van der Waals surface area contributed by atoms with Gasteiger partial charge < -0.3 is 15.0 Å². The minimum atomic E-state index is 0.247. The fourth-order valence-corrected chi connectivity index (χ4v) is 2.02. The summed E-state index contributed by atoms with van der Waals surface area (Å²) in [5, 5.41) is 4.03. The Morgan fingerprint density at radius 1 is 1.15 bits per heavy atom. The Hall–Kier alpha value is -2.89. The van der Waals surface area contributed by atoms with Gasteiger partial charge in [-0.1, -0.05) is 5.16 Å². The molecule has 0 spiro atoms. The number of methoxy groups -OCH3 is 1. The van der Waals surface area contributed by atoms with Crippen molar-refractivity contribution in [2.75, 3.05) is 12.8 Å². The maximum absolute atomic E-state index is 5.89. The van der Waals surface area contributed by atoms with Crippen LogP contribution in [0.25, 0.3) is 22.4 Å². The normalized spacial score (nSPS) is 10.4. The Morgan fingerprint density at radius 2 is 1.95 bits per heavy atom. The van der Waals surface area contributed by atoms with Gasteiger partial charge in [-0.2, -0.15) is 0 Å². The summed E-state index contributed by atoms with van der Waals surface area (Å²) >= 11 is 0. The van der Waals surface area contributed by atoms with Gasteiger partial charge in [0, 0.05) is 18.6 Å². The summed E-state index contributed by atoms with van der Waals surface area (Å²) in [5.41, 5.74) is 8.79. The van der Waals surface area contributed by atoms with Crippen molar-refractivity contribution < 1.29 is 9.26 Å². The van der Waals surface area contributed by atoms with Crippen LogP contribution >= 0.6 is 0 Å². The molecule has 0 amide bonds. The second-order valence-corrected chi connectivity index (χ2v) is 4.07. The van der Waals surface area contributed by atoms with Crippen LogP contribution in [0.4, 0.5) is 5.88 Å². The average Bonchev–Trinajstić information content (AvgIpc) is 2.89. The van der Waals surface area contributed by atoms with E-state index < -0.39 is 0 Å². The predicted molar refractivity (Wildman–Crippen MR) is 73.9 cm³/mol. The molecule has 20 heavy (non-hydrogen) atoms. The van der Waals surface area contributed by atoms with Gasteiger partial charge in [-0.15, -0.1) is 0 Å². The van der Waals surface area contributed by atoms with E-state index in [9.17, 15) is 0 Å². The molecular formula is C14H12N4O2. The van der Waals surface area contributed by atoms with Gasteiger partial charge in [0.25, 0.3) is 0 Å². The monoisotopic (exact) mass is 268 g/mol. The van der Waals surface area contributed by atoms with E-state index >= 15 is 0 Å². The number of nitrogens with two attached hydrogens (primary N) is 1. The lowest BCUT2D eigenvalue weighted by Crippen LogP contribution is -1.93. The third-order valence-corrected chi connectivity index (χ3v) is 2.91. The molecule has 6 nitrogen and oxygen atoms in total. The zero-order valence-corrected chi connectivity index (χ0v) is 10.8. The summed E-state index contributed by atoms with van der Waals surface area (Å²) in [6.45, 7) is 0. The van der Waals surface area contributed by atoms with E-state index in [0.29, 0.717) is 17.1 Å². The number of hydrogen-bond donors (Lipinski definition) is 1. The van der Waals surface area contributed by atoms with Crippen molar-refractivity contribution in [2.24, 2.45) is 0 Å². The van der Waals surface area contributed by atoms with E-state index in [0.717, 1.165) is 11.1 Å². The third kappa shape index (κ3) is 1.97. The van der Waals surface area contributed by atoms with E-state index in [1.807, 2.05) is 18.2 Å². The smallest absolute Gasteiger partial charge is 0.230 e. The SMILES string of the molecule is COc1ncccc1-c1noc(N)c1-c1ccncc1. The summed E-state index contributed by atoms with van der Waals surface area (Å²) in [4.78, 5) is 8.15. The first kappa shape index (κ1) is 12.2. The van der Waals surface area contributed by atoms with E-state index in [1.165, 1.54) is 0 Å². The molecule has 6 heteroatoms. The molecule has 0 atom stereocenters. The standard InChI is InChI=1S/C14H12N4O2/c1-19-14-10(3-2-6-17-14)12-11(13(15)20-18-12)9-4-7-16-8-5-9/h2-8H,15H2,1H3. The summed E-state index contributed by atoms with van der Waals surface area (Å²) < 4.78 is 10.4. The van der Waals surface area contributed by atoms with E-state index in [-0.39, 0.29) is 5.88 Å². The minimum absolute atomic E-state index is 0.247. The lowest BCUT2D eigenvalue weighted by Gasteiger charge is -2.06. The molecule has 100 valence electrons. The average molecular weight is 268 g/mol. The van der Waals surface area contributed by atoms with Crippen molar-refractivity contribution in [3.63, 3.8) is 0 Å². The molecule has 0 aliphatic heterocycles. The van der Waals surface area contributed by atoms with Crippen LogP contribution in [-0.4, -0.2) is 22.2 Å². The molecule has 0 saturated carbocycles. The van der Waals surface area contributed by atoms with E-state index in [2.05, 4.69) is 15.1 Å². The number of rotatable bonds is 3. The molecular weight excluding hydrogens is 256 g/mol. The van der Waals surface area contributed by atoms with Gasteiger partial charge in [0.15, 0.2) is 0 Å². The third-order valence-electron chi connectivity index (χ3n) is 2.91. The molecule has 3 rings (SSSR count). The first-order valence-corrected chi connectivity index (χ1v) is 5.96. The lowest BCUT2D eigenvalue weighted by atomic mass is 10.0. The highest BCUT2D eigenvalue weighted by Gasteiger charge is 2.20. The lowest BCUT2D eigenvalue weighted by molar-refractivity contribution is 0.398. The summed E-state index contributed by atoms with van der Waals surface area (Å²) in [5.74, 6) is 0.716. The molecule has 0 saturated heterocycles. The van der Waals surface area contributed by atoms with Gasteiger partial charge in [-0.3, -0.25) is 4.98 Å². The molecule has 0 radical (unpaired) electrons. The number of pyridine rings is 2. The van der Waals surface area contributed by atoms with Crippen molar-refractivity contribution in [1.29, 1.82) is 0 Å². The zero-order valence-electron chi connectivity index (χ0n) is 10.8. The second-order valence-electron chi connectivity index (χ2n) is 4.07. The van der Waals surface area contributed by atoms with Gasteiger partial charge in [-0.25, -0.2) is 4.98 Å². The Bertz CT molecular complexity index is 725. The summed E-state index contributed by atoms with van der Waals surface area (Å²) in [7, 11) is 1.56.